The van der Waals surface area contributed by atoms with Gasteiger partial charge in [-0.1, -0.05) is 29.8 Å². The second-order valence-electron chi connectivity index (χ2n) is 5.47. The Labute approximate surface area is 138 Å². The van der Waals surface area contributed by atoms with Crippen molar-refractivity contribution in [3.8, 4) is 6.07 Å². The summed E-state index contributed by atoms with van der Waals surface area (Å²) in [6.07, 6.45) is 0.864. The first-order valence-corrected chi connectivity index (χ1v) is 7.70. The van der Waals surface area contributed by atoms with Gasteiger partial charge in [-0.3, -0.25) is 4.79 Å². The molecule has 2 aromatic carbocycles. The molecule has 1 aliphatic heterocycles. The molecule has 0 radical (unpaired) electrons. The van der Waals surface area contributed by atoms with Crippen LogP contribution >= 0.6 is 11.6 Å². The van der Waals surface area contributed by atoms with E-state index in [1.807, 2.05) is 0 Å². The van der Waals surface area contributed by atoms with Gasteiger partial charge >= 0.3 is 0 Å². The molecule has 5 heteroatoms. The number of fused-ring (bicyclic) bond motifs is 1. The lowest BCUT2D eigenvalue weighted by Gasteiger charge is -2.25. The maximum absolute atomic E-state index is 13.1. The van der Waals surface area contributed by atoms with Crippen LogP contribution < -0.4 is 0 Å². The second-order valence-corrected chi connectivity index (χ2v) is 5.88. The molecule has 116 valence electrons. The van der Waals surface area contributed by atoms with Crippen LogP contribution in [0.4, 0.5) is 4.39 Å². The summed E-state index contributed by atoms with van der Waals surface area (Å²) in [5.74, 6) is -0.413. The Kier molecular flexibility index (Phi) is 4.31. The number of rotatable bonds is 4. The highest BCUT2D eigenvalue weighted by atomic mass is 35.5. The highest BCUT2D eigenvalue weighted by molar-refractivity contribution is 6.32. The Morgan fingerprint density at radius 1 is 1.22 bits per heavy atom. The van der Waals surface area contributed by atoms with Gasteiger partial charge in [0.25, 0.3) is 5.91 Å². The summed E-state index contributed by atoms with van der Waals surface area (Å²) in [5, 5.41) is 9.43. The maximum Gasteiger partial charge on any atom is 0.255 e. The average Bonchev–Trinajstić information content (AvgIpc) is 2.81. The number of halogens is 2. The molecule has 0 saturated carbocycles. The van der Waals surface area contributed by atoms with Crippen molar-refractivity contribution in [2.45, 2.75) is 25.4 Å². The van der Waals surface area contributed by atoms with E-state index >= 15 is 0 Å². The van der Waals surface area contributed by atoms with Crippen molar-refractivity contribution in [3.05, 3.63) is 70.0 Å². The normalized spacial score (nSPS) is 16.3. The zero-order chi connectivity index (χ0) is 16.4. The van der Waals surface area contributed by atoms with Gasteiger partial charge in [0.1, 0.15) is 5.82 Å². The van der Waals surface area contributed by atoms with Crippen LogP contribution in [0.2, 0.25) is 5.02 Å². The summed E-state index contributed by atoms with van der Waals surface area (Å²) < 4.78 is 13.1. The Balaban J connectivity index is 1.95. The van der Waals surface area contributed by atoms with Crippen LogP contribution in [0.15, 0.2) is 42.5 Å². The molecule has 0 saturated heterocycles. The molecule has 1 atom stereocenters. The molecule has 23 heavy (non-hydrogen) atoms. The first kappa shape index (κ1) is 15.5. The van der Waals surface area contributed by atoms with Crippen LogP contribution in [-0.2, 0) is 6.54 Å². The maximum atomic E-state index is 13.1. The lowest BCUT2D eigenvalue weighted by atomic mass is 10.0. The fourth-order valence-corrected chi connectivity index (χ4v) is 3.28. The molecule has 0 aliphatic carbocycles. The predicted molar refractivity (Wildman–Crippen MR) is 85.3 cm³/mol. The van der Waals surface area contributed by atoms with Crippen molar-refractivity contribution < 1.29 is 9.18 Å². The van der Waals surface area contributed by atoms with Crippen molar-refractivity contribution in [1.82, 2.24) is 4.90 Å². The Bertz CT molecular complexity index is 783. The molecular weight excluding hydrogens is 315 g/mol. The van der Waals surface area contributed by atoms with Gasteiger partial charge in [-0.15, -0.1) is 0 Å². The van der Waals surface area contributed by atoms with Gasteiger partial charge in [0.15, 0.2) is 0 Å². The Hall–Kier alpha value is -2.38. The molecule has 1 aliphatic rings. The molecule has 0 bridgehead atoms. The Morgan fingerprint density at radius 3 is 2.65 bits per heavy atom. The summed E-state index contributed by atoms with van der Waals surface area (Å²) in [7, 11) is 0. The van der Waals surface area contributed by atoms with Crippen LogP contribution in [-0.4, -0.2) is 10.8 Å². The van der Waals surface area contributed by atoms with Gasteiger partial charge in [-0.05, 0) is 36.2 Å². The Morgan fingerprint density at radius 2 is 1.96 bits per heavy atom. The monoisotopic (exact) mass is 328 g/mol. The topological polar surface area (TPSA) is 44.1 Å². The van der Waals surface area contributed by atoms with Crippen LogP contribution in [0.3, 0.4) is 0 Å². The lowest BCUT2D eigenvalue weighted by molar-refractivity contribution is 0.0703. The smallest absolute Gasteiger partial charge is 0.255 e. The fourth-order valence-electron chi connectivity index (χ4n) is 2.98. The average molecular weight is 329 g/mol. The molecule has 1 unspecified atom stereocenters. The lowest BCUT2D eigenvalue weighted by Crippen LogP contribution is -2.27. The molecular formula is C18H14ClFN2O. The number of amides is 1. The number of carbonyl (C=O) groups is 1. The van der Waals surface area contributed by atoms with E-state index in [-0.39, 0.29) is 17.8 Å². The van der Waals surface area contributed by atoms with E-state index in [4.69, 9.17) is 16.9 Å². The number of benzene rings is 2. The first-order valence-electron chi connectivity index (χ1n) is 7.32. The minimum absolute atomic E-state index is 0.102. The quantitative estimate of drug-likeness (QED) is 0.830. The van der Waals surface area contributed by atoms with Crippen molar-refractivity contribution in [2.75, 3.05) is 0 Å². The summed E-state index contributed by atoms with van der Waals surface area (Å²) in [6.45, 7) is 0.361. The van der Waals surface area contributed by atoms with E-state index in [2.05, 4.69) is 6.07 Å². The van der Waals surface area contributed by atoms with Crippen molar-refractivity contribution in [1.29, 1.82) is 5.26 Å². The second kappa shape index (κ2) is 6.39. The van der Waals surface area contributed by atoms with Gasteiger partial charge in [-0.2, -0.15) is 5.26 Å². The molecule has 3 rings (SSSR count). The molecule has 3 nitrogen and oxygen atoms in total. The van der Waals surface area contributed by atoms with E-state index in [9.17, 15) is 9.18 Å². The van der Waals surface area contributed by atoms with E-state index in [0.29, 0.717) is 30.0 Å². The minimum atomic E-state index is -0.311. The molecule has 0 aromatic heterocycles. The van der Waals surface area contributed by atoms with Gasteiger partial charge in [0, 0.05) is 29.1 Å². The van der Waals surface area contributed by atoms with Crippen LogP contribution in [0.1, 0.15) is 40.4 Å². The summed E-state index contributed by atoms with van der Waals surface area (Å²) in [4.78, 5) is 14.4. The predicted octanol–water partition coefficient (Wildman–Crippen LogP) is 4.48. The fraction of sp³-hybridized carbons (Fsp3) is 0.222. The molecule has 0 spiro atoms. The largest absolute Gasteiger partial charge is 0.327 e. The highest BCUT2D eigenvalue weighted by Crippen LogP contribution is 2.41. The first-order chi connectivity index (χ1) is 11.1. The third kappa shape index (κ3) is 2.93. The molecule has 1 heterocycles. The van der Waals surface area contributed by atoms with Crippen molar-refractivity contribution in [3.63, 3.8) is 0 Å². The molecule has 2 aromatic rings. The zero-order valence-electron chi connectivity index (χ0n) is 12.3. The molecule has 0 N–H and O–H groups in total. The SMILES string of the molecule is N#CCCC1c2c(Cl)cccc2C(=O)N1Cc1ccc(F)cc1. The van der Waals surface area contributed by atoms with Crippen LogP contribution in [0, 0.1) is 17.1 Å². The molecule has 1 amide bonds. The zero-order valence-corrected chi connectivity index (χ0v) is 13.1. The van der Waals surface area contributed by atoms with Gasteiger partial charge in [0.05, 0.1) is 12.1 Å². The third-order valence-electron chi connectivity index (χ3n) is 4.05. The van der Waals surface area contributed by atoms with Gasteiger partial charge < -0.3 is 4.90 Å². The number of nitriles is 1. The van der Waals surface area contributed by atoms with Crippen LogP contribution in [0.5, 0.6) is 0 Å². The minimum Gasteiger partial charge on any atom is -0.327 e. The van der Waals surface area contributed by atoms with Gasteiger partial charge in [0.2, 0.25) is 0 Å². The number of hydrogen-bond donors (Lipinski definition) is 0. The van der Waals surface area contributed by atoms with Crippen LogP contribution in [0.25, 0.3) is 0 Å². The number of nitrogens with zero attached hydrogens (tertiary/aromatic N) is 2. The third-order valence-corrected chi connectivity index (χ3v) is 4.38. The summed E-state index contributed by atoms with van der Waals surface area (Å²) in [5.41, 5.74) is 2.21. The standard InChI is InChI=1S/C18H14ClFN2O/c19-15-4-1-3-14-17(15)16(5-2-10-21)22(18(14)23)11-12-6-8-13(20)9-7-12/h1,3-4,6-9,16H,2,5,11H2. The van der Waals surface area contributed by atoms with Gasteiger partial charge in [-0.25, -0.2) is 4.39 Å². The van der Waals surface area contributed by atoms with E-state index < -0.39 is 0 Å². The summed E-state index contributed by atoms with van der Waals surface area (Å²) >= 11 is 6.29. The van der Waals surface area contributed by atoms with E-state index in [1.54, 1.807) is 35.2 Å². The number of carbonyl (C=O) groups excluding carboxylic acids is 1. The molecule has 0 fully saturated rings. The summed E-state index contributed by atoms with van der Waals surface area (Å²) in [6, 6.07) is 13.2. The van der Waals surface area contributed by atoms with E-state index in [1.165, 1.54) is 12.1 Å². The highest BCUT2D eigenvalue weighted by Gasteiger charge is 2.37. The van der Waals surface area contributed by atoms with Crippen molar-refractivity contribution in [2.24, 2.45) is 0 Å². The number of hydrogen-bond acceptors (Lipinski definition) is 2. The van der Waals surface area contributed by atoms with Crippen molar-refractivity contribution >= 4 is 17.5 Å². The van der Waals surface area contributed by atoms with E-state index in [0.717, 1.165) is 11.1 Å².